The van der Waals surface area contributed by atoms with Crippen LogP contribution in [0.3, 0.4) is 0 Å². The zero-order valence-corrected chi connectivity index (χ0v) is 10.4. The first-order valence-corrected chi connectivity index (χ1v) is 5.79. The third kappa shape index (κ3) is 4.28. The standard InChI is InChI=1S/C13H25N/c1-10-6-11(2)8-12(7-10)9-14-13(3,4)5/h6,10,12,14H,7-9H2,1-5H3. The van der Waals surface area contributed by atoms with Crippen molar-refractivity contribution in [1.82, 2.24) is 5.32 Å². The van der Waals surface area contributed by atoms with Crippen LogP contribution in [0, 0.1) is 11.8 Å². The van der Waals surface area contributed by atoms with Gasteiger partial charge in [0.05, 0.1) is 0 Å². The quantitative estimate of drug-likeness (QED) is 0.666. The molecule has 1 aliphatic rings. The van der Waals surface area contributed by atoms with E-state index >= 15 is 0 Å². The second-order valence-electron chi connectivity index (χ2n) is 5.93. The summed E-state index contributed by atoms with van der Waals surface area (Å²) < 4.78 is 0. The maximum atomic E-state index is 3.61. The van der Waals surface area contributed by atoms with Gasteiger partial charge in [0, 0.05) is 5.54 Å². The molecular formula is C13H25N. The van der Waals surface area contributed by atoms with Gasteiger partial charge in [-0.1, -0.05) is 18.6 Å². The summed E-state index contributed by atoms with van der Waals surface area (Å²) >= 11 is 0. The average Bonchev–Trinajstić information content (AvgIpc) is 1.97. The lowest BCUT2D eigenvalue weighted by molar-refractivity contribution is 0.328. The third-order valence-electron chi connectivity index (χ3n) is 2.81. The minimum absolute atomic E-state index is 0.262. The summed E-state index contributed by atoms with van der Waals surface area (Å²) in [4.78, 5) is 0. The fourth-order valence-electron chi connectivity index (χ4n) is 2.29. The molecule has 1 aliphatic carbocycles. The highest BCUT2D eigenvalue weighted by Gasteiger charge is 2.19. The molecule has 0 aromatic heterocycles. The van der Waals surface area contributed by atoms with E-state index in [9.17, 15) is 0 Å². The largest absolute Gasteiger partial charge is 0.312 e. The van der Waals surface area contributed by atoms with Crippen LogP contribution in [0.5, 0.6) is 0 Å². The smallest absolute Gasteiger partial charge is 0.00966 e. The van der Waals surface area contributed by atoms with Crippen molar-refractivity contribution in [3.8, 4) is 0 Å². The van der Waals surface area contributed by atoms with Crippen molar-refractivity contribution in [2.24, 2.45) is 11.8 Å². The van der Waals surface area contributed by atoms with Crippen LogP contribution < -0.4 is 5.32 Å². The van der Waals surface area contributed by atoms with Crippen molar-refractivity contribution in [2.45, 2.75) is 53.0 Å². The van der Waals surface area contributed by atoms with Crippen LogP contribution in [0.2, 0.25) is 0 Å². The molecule has 2 unspecified atom stereocenters. The van der Waals surface area contributed by atoms with Gasteiger partial charge in [0.15, 0.2) is 0 Å². The van der Waals surface area contributed by atoms with Crippen molar-refractivity contribution in [3.05, 3.63) is 11.6 Å². The number of allylic oxidation sites excluding steroid dienone is 2. The molecule has 0 aliphatic heterocycles. The normalized spacial score (nSPS) is 28.8. The molecule has 1 rings (SSSR count). The Hall–Kier alpha value is -0.300. The number of rotatable bonds is 2. The number of hydrogen-bond donors (Lipinski definition) is 1. The van der Waals surface area contributed by atoms with Crippen molar-refractivity contribution < 1.29 is 0 Å². The average molecular weight is 195 g/mol. The second kappa shape index (κ2) is 4.48. The Morgan fingerprint density at radius 1 is 1.43 bits per heavy atom. The SMILES string of the molecule is CC1=CC(C)CC(CNC(C)(C)C)C1. The Morgan fingerprint density at radius 2 is 2.07 bits per heavy atom. The minimum atomic E-state index is 0.262. The lowest BCUT2D eigenvalue weighted by Gasteiger charge is -2.29. The molecule has 0 heterocycles. The molecule has 0 spiro atoms. The fourth-order valence-corrected chi connectivity index (χ4v) is 2.29. The molecule has 1 nitrogen and oxygen atoms in total. The number of hydrogen-bond acceptors (Lipinski definition) is 1. The predicted molar refractivity (Wildman–Crippen MR) is 63.4 cm³/mol. The van der Waals surface area contributed by atoms with Crippen molar-refractivity contribution in [1.29, 1.82) is 0 Å². The molecule has 0 saturated heterocycles. The van der Waals surface area contributed by atoms with Crippen LogP contribution in [-0.2, 0) is 0 Å². The zero-order valence-electron chi connectivity index (χ0n) is 10.4. The lowest BCUT2D eigenvalue weighted by Crippen LogP contribution is -2.39. The van der Waals surface area contributed by atoms with Crippen molar-refractivity contribution >= 4 is 0 Å². The fraction of sp³-hybridized carbons (Fsp3) is 0.846. The minimum Gasteiger partial charge on any atom is -0.312 e. The highest BCUT2D eigenvalue weighted by molar-refractivity contribution is 5.06. The van der Waals surface area contributed by atoms with Gasteiger partial charge in [-0.2, -0.15) is 0 Å². The molecule has 2 atom stereocenters. The monoisotopic (exact) mass is 195 g/mol. The Labute approximate surface area is 89.0 Å². The van der Waals surface area contributed by atoms with Gasteiger partial charge in [-0.05, 0) is 58.9 Å². The van der Waals surface area contributed by atoms with E-state index in [1.54, 1.807) is 5.57 Å². The van der Waals surface area contributed by atoms with Gasteiger partial charge in [-0.15, -0.1) is 0 Å². The van der Waals surface area contributed by atoms with E-state index in [1.165, 1.54) is 19.4 Å². The third-order valence-corrected chi connectivity index (χ3v) is 2.81. The van der Waals surface area contributed by atoms with Gasteiger partial charge >= 0.3 is 0 Å². The van der Waals surface area contributed by atoms with Crippen molar-refractivity contribution in [3.63, 3.8) is 0 Å². The number of nitrogens with one attached hydrogen (secondary N) is 1. The van der Waals surface area contributed by atoms with E-state index in [2.05, 4.69) is 46.0 Å². The van der Waals surface area contributed by atoms with Gasteiger partial charge in [0.25, 0.3) is 0 Å². The molecule has 0 saturated carbocycles. The van der Waals surface area contributed by atoms with Gasteiger partial charge in [-0.25, -0.2) is 0 Å². The molecule has 0 fully saturated rings. The van der Waals surface area contributed by atoms with E-state index in [4.69, 9.17) is 0 Å². The molecule has 0 bridgehead atoms. The van der Waals surface area contributed by atoms with Crippen LogP contribution in [0.15, 0.2) is 11.6 Å². The summed E-state index contributed by atoms with van der Waals surface area (Å²) in [7, 11) is 0. The molecule has 0 aromatic rings. The van der Waals surface area contributed by atoms with Crippen LogP contribution in [0.25, 0.3) is 0 Å². The topological polar surface area (TPSA) is 12.0 Å². The van der Waals surface area contributed by atoms with Crippen molar-refractivity contribution in [2.75, 3.05) is 6.54 Å². The Bertz CT molecular complexity index is 210. The van der Waals surface area contributed by atoms with E-state index in [1.807, 2.05) is 0 Å². The van der Waals surface area contributed by atoms with E-state index < -0.39 is 0 Å². The van der Waals surface area contributed by atoms with Crippen LogP contribution in [0.4, 0.5) is 0 Å². The first kappa shape index (κ1) is 11.8. The van der Waals surface area contributed by atoms with E-state index in [0.29, 0.717) is 0 Å². The Balaban J connectivity index is 2.37. The molecule has 0 amide bonds. The summed E-state index contributed by atoms with van der Waals surface area (Å²) in [5.41, 5.74) is 1.84. The lowest BCUT2D eigenvalue weighted by atomic mass is 9.83. The molecule has 0 radical (unpaired) electrons. The first-order valence-electron chi connectivity index (χ1n) is 5.79. The Morgan fingerprint density at radius 3 is 2.57 bits per heavy atom. The Kier molecular flexibility index (Phi) is 3.77. The van der Waals surface area contributed by atoms with Gasteiger partial charge in [0.1, 0.15) is 0 Å². The van der Waals surface area contributed by atoms with Crippen LogP contribution >= 0.6 is 0 Å². The van der Waals surface area contributed by atoms with Crippen LogP contribution in [-0.4, -0.2) is 12.1 Å². The molecule has 1 heteroatoms. The molecule has 82 valence electrons. The molecular weight excluding hydrogens is 170 g/mol. The van der Waals surface area contributed by atoms with Gasteiger partial charge in [-0.3, -0.25) is 0 Å². The van der Waals surface area contributed by atoms with Gasteiger partial charge < -0.3 is 5.32 Å². The van der Waals surface area contributed by atoms with E-state index in [-0.39, 0.29) is 5.54 Å². The summed E-state index contributed by atoms with van der Waals surface area (Å²) in [6.07, 6.45) is 5.06. The zero-order chi connectivity index (χ0) is 10.8. The van der Waals surface area contributed by atoms with Gasteiger partial charge in [0.2, 0.25) is 0 Å². The summed E-state index contributed by atoms with van der Waals surface area (Å²) in [5, 5.41) is 3.61. The maximum absolute atomic E-state index is 3.61. The second-order valence-corrected chi connectivity index (χ2v) is 5.93. The highest BCUT2D eigenvalue weighted by Crippen LogP contribution is 2.27. The summed E-state index contributed by atoms with van der Waals surface area (Å²) in [6, 6.07) is 0. The summed E-state index contributed by atoms with van der Waals surface area (Å²) in [6.45, 7) is 12.5. The predicted octanol–water partition coefficient (Wildman–Crippen LogP) is 3.37. The summed E-state index contributed by atoms with van der Waals surface area (Å²) in [5.74, 6) is 1.62. The molecule has 14 heavy (non-hydrogen) atoms. The molecule has 1 N–H and O–H groups in total. The first-order chi connectivity index (χ1) is 6.37. The highest BCUT2D eigenvalue weighted by atomic mass is 14.9. The van der Waals surface area contributed by atoms with Crippen LogP contribution in [0.1, 0.15) is 47.5 Å². The van der Waals surface area contributed by atoms with E-state index in [0.717, 1.165) is 11.8 Å². The maximum Gasteiger partial charge on any atom is 0.00966 e. The molecule has 0 aromatic carbocycles.